The molecule has 4 rings (SSSR count). The maximum atomic E-state index is 14.5. The van der Waals surface area contributed by atoms with Crippen molar-refractivity contribution in [1.82, 2.24) is 9.55 Å². The van der Waals surface area contributed by atoms with E-state index in [0.717, 1.165) is 6.07 Å². The first kappa shape index (κ1) is 23.5. The van der Waals surface area contributed by atoms with Crippen molar-refractivity contribution in [3.8, 4) is 28.7 Å². The Kier molecular flexibility index (Phi) is 5.75. The fraction of sp³-hybridized carbons (Fsp3) is 0.167. The topological polar surface area (TPSA) is 112 Å². The summed E-state index contributed by atoms with van der Waals surface area (Å²) in [6, 6.07) is 12.0. The van der Waals surface area contributed by atoms with Gasteiger partial charge in [-0.05, 0) is 56.3 Å². The number of nitrogens with one attached hydrogen (secondary N) is 2. The van der Waals surface area contributed by atoms with Gasteiger partial charge in [-0.1, -0.05) is 11.6 Å². The summed E-state index contributed by atoms with van der Waals surface area (Å²) in [6.45, 7) is 2.87. The van der Waals surface area contributed by atoms with Crippen LogP contribution in [0.1, 0.15) is 13.8 Å². The summed E-state index contributed by atoms with van der Waals surface area (Å²) < 4.78 is 42.2. The molecule has 0 radical (unpaired) electrons. The third-order valence-corrected chi connectivity index (χ3v) is 8.25. The lowest BCUT2D eigenvalue weighted by molar-refractivity contribution is 0.443. The fourth-order valence-corrected chi connectivity index (χ4v) is 4.93. The number of fused-ring (bicyclic) bond motifs is 1. The number of nitriles is 1. The summed E-state index contributed by atoms with van der Waals surface area (Å²) in [5, 5.41) is 10.3. The molecule has 0 aliphatic rings. The highest BCUT2D eigenvalue weighted by Crippen LogP contribution is 2.40. The standard InChI is InChI=1S/C24H20ClFN4O3S/c1-24(2,13-27)34(28,32)15-5-7-20(33-21-6-4-14(25)10-19(21)26)17(11-15)18-12-30(3)23(31)22-16(18)8-9-29-22/h4-12,28-29H,1-3H3. The van der Waals surface area contributed by atoms with Crippen LogP contribution in [0.4, 0.5) is 4.39 Å². The highest BCUT2D eigenvalue weighted by Gasteiger charge is 2.33. The Balaban J connectivity index is 2.01. The first-order valence-corrected chi connectivity index (χ1v) is 12.0. The Morgan fingerprint density at radius 3 is 2.56 bits per heavy atom. The third-order valence-electron chi connectivity index (χ3n) is 5.57. The fourth-order valence-electron chi connectivity index (χ4n) is 3.51. The second kappa shape index (κ2) is 8.31. The van der Waals surface area contributed by atoms with E-state index in [0.29, 0.717) is 22.0 Å². The van der Waals surface area contributed by atoms with Crippen LogP contribution >= 0.6 is 11.6 Å². The molecule has 1 atom stereocenters. The second-order valence-electron chi connectivity index (χ2n) is 8.24. The maximum absolute atomic E-state index is 14.5. The minimum atomic E-state index is -3.57. The number of pyridine rings is 1. The highest BCUT2D eigenvalue weighted by atomic mass is 35.5. The van der Waals surface area contributed by atoms with Gasteiger partial charge in [0, 0.05) is 45.9 Å². The van der Waals surface area contributed by atoms with Crippen molar-refractivity contribution >= 4 is 32.2 Å². The summed E-state index contributed by atoms with van der Waals surface area (Å²) in [5.74, 6) is -0.557. The van der Waals surface area contributed by atoms with Crippen LogP contribution in [0.25, 0.3) is 22.0 Å². The molecule has 4 aromatic rings. The monoisotopic (exact) mass is 498 g/mol. The van der Waals surface area contributed by atoms with Gasteiger partial charge < -0.3 is 14.3 Å². The van der Waals surface area contributed by atoms with Gasteiger partial charge in [0.05, 0.1) is 15.8 Å². The van der Waals surface area contributed by atoms with E-state index in [-0.39, 0.29) is 27.0 Å². The molecule has 2 aromatic heterocycles. The van der Waals surface area contributed by atoms with Crippen molar-refractivity contribution in [2.24, 2.45) is 7.05 Å². The molecule has 2 N–H and O–H groups in total. The number of aromatic nitrogens is 2. The smallest absolute Gasteiger partial charge is 0.274 e. The molecule has 0 saturated carbocycles. The molecule has 0 bridgehead atoms. The Morgan fingerprint density at radius 2 is 1.88 bits per heavy atom. The first-order chi connectivity index (χ1) is 16.0. The Hall–Kier alpha value is -3.61. The third kappa shape index (κ3) is 3.85. The summed E-state index contributed by atoms with van der Waals surface area (Å²) >= 11 is 5.85. The van der Waals surface area contributed by atoms with Crippen molar-refractivity contribution < 1.29 is 13.3 Å². The van der Waals surface area contributed by atoms with Gasteiger partial charge in [-0.15, -0.1) is 0 Å². The predicted molar refractivity (Wildman–Crippen MR) is 129 cm³/mol. The number of nitrogens with zero attached hydrogens (tertiary/aromatic N) is 2. The van der Waals surface area contributed by atoms with E-state index >= 15 is 0 Å². The van der Waals surface area contributed by atoms with E-state index in [1.54, 1.807) is 25.5 Å². The zero-order valence-electron chi connectivity index (χ0n) is 18.5. The largest absolute Gasteiger partial charge is 0.454 e. The van der Waals surface area contributed by atoms with Crippen LogP contribution in [0, 0.1) is 21.9 Å². The van der Waals surface area contributed by atoms with Crippen molar-refractivity contribution in [3.63, 3.8) is 0 Å². The van der Waals surface area contributed by atoms with E-state index in [9.17, 15) is 18.7 Å². The average molecular weight is 499 g/mol. The molecule has 0 spiro atoms. The molecule has 7 nitrogen and oxygen atoms in total. The lowest BCUT2D eigenvalue weighted by Crippen LogP contribution is -2.28. The number of hydrogen-bond donors (Lipinski definition) is 2. The quantitative estimate of drug-likeness (QED) is 0.360. The summed E-state index contributed by atoms with van der Waals surface area (Å²) in [5.41, 5.74) is 1.01. The van der Waals surface area contributed by atoms with Crippen LogP contribution in [0.2, 0.25) is 5.02 Å². The first-order valence-electron chi connectivity index (χ1n) is 10.1. The van der Waals surface area contributed by atoms with Crippen molar-refractivity contribution in [2.45, 2.75) is 23.5 Å². The SMILES string of the molecule is Cn1cc(-c2cc(S(=N)(=O)C(C)(C)C#N)ccc2Oc2ccc(Cl)cc2F)c2cc[nH]c2c1=O. The zero-order chi connectivity index (χ0) is 24.8. The van der Waals surface area contributed by atoms with Gasteiger partial charge in [-0.25, -0.2) is 13.4 Å². The molecule has 2 aromatic carbocycles. The van der Waals surface area contributed by atoms with Crippen LogP contribution in [0.15, 0.2) is 64.5 Å². The van der Waals surface area contributed by atoms with E-state index in [1.807, 2.05) is 6.07 Å². The van der Waals surface area contributed by atoms with Gasteiger partial charge in [0.25, 0.3) is 5.56 Å². The molecular weight excluding hydrogens is 479 g/mol. The molecule has 0 aliphatic heterocycles. The number of ether oxygens (including phenoxy) is 1. The van der Waals surface area contributed by atoms with Gasteiger partial charge >= 0.3 is 0 Å². The Labute approximate surface area is 200 Å². The van der Waals surface area contributed by atoms with Crippen LogP contribution < -0.4 is 10.3 Å². The van der Waals surface area contributed by atoms with Gasteiger partial charge in [0.2, 0.25) is 0 Å². The highest BCUT2D eigenvalue weighted by molar-refractivity contribution is 7.94. The molecule has 34 heavy (non-hydrogen) atoms. The van der Waals surface area contributed by atoms with Crippen LogP contribution in [-0.2, 0) is 16.8 Å². The molecular formula is C24H20ClFN4O3S. The molecule has 174 valence electrons. The normalized spacial score (nSPS) is 13.4. The number of aromatic amines is 1. The van der Waals surface area contributed by atoms with Crippen LogP contribution in [0.3, 0.4) is 0 Å². The van der Waals surface area contributed by atoms with E-state index in [4.69, 9.17) is 21.1 Å². The van der Waals surface area contributed by atoms with E-state index in [2.05, 4.69) is 4.98 Å². The van der Waals surface area contributed by atoms with Gasteiger partial charge in [0.15, 0.2) is 11.6 Å². The van der Waals surface area contributed by atoms with Gasteiger partial charge in [-0.2, -0.15) is 5.26 Å². The summed E-state index contributed by atoms with van der Waals surface area (Å²) in [7, 11) is -1.98. The summed E-state index contributed by atoms with van der Waals surface area (Å²) in [4.78, 5) is 15.6. The number of rotatable bonds is 5. The summed E-state index contributed by atoms with van der Waals surface area (Å²) in [6.07, 6.45) is 3.20. The number of hydrogen-bond acceptors (Lipinski definition) is 5. The average Bonchev–Trinajstić information content (AvgIpc) is 3.28. The van der Waals surface area contributed by atoms with E-state index < -0.39 is 20.3 Å². The Bertz CT molecular complexity index is 1650. The van der Waals surface area contributed by atoms with E-state index in [1.165, 1.54) is 48.7 Å². The number of H-pyrrole nitrogens is 1. The van der Waals surface area contributed by atoms with Crippen LogP contribution in [-0.4, -0.2) is 18.5 Å². The molecule has 10 heteroatoms. The minimum Gasteiger partial charge on any atom is -0.454 e. The predicted octanol–water partition coefficient (Wildman–Crippen LogP) is 5.83. The molecule has 0 amide bonds. The molecule has 0 fully saturated rings. The molecule has 0 aliphatic carbocycles. The van der Waals surface area contributed by atoms with Gasteiger partial charge in [-0.3, -0.25) is 4.79 Å². The number of benzene rings is 2. The lowest BCUT2D eigenvalue weighted by Gasteiger charge is -2.21. The zero-order valence-corrected chi connectivity index (χ0v) is 20.1. The second-order valence-corrected chi connectivity index (χ2v) is 11.3. The maximum Gasteiger partial charge on any atom is 0.274 e. The number of halogens is 2. The number of aryl methyl sites for hydroxylation is 1. The molecule has 1 unspecified atom stereocenters. The van der Waals surface area contributed by atoms with Crippen molar-refractivity contribution in [3.05, 3.63) is 76.1 Å². The minimum absolute atomic E-state index is 0.0857. The molecule has 0 saturated heterocycles. The lowest BCUT2D eigenvalue weighted by atomic mass is 10.0. The Morgan fingerprint density at radius 1 is 1.18 bits per heavy atom. The van der Waals surface area contributed by atoms with Gasteiger partial charge in [0.1, 0.15) is 16.0 Å². The van der Waals surface area contributed by atoms with Crippen molar-refractivity contribution in [1.29, 1.82) is 10.0 Å². The van der Waals surface area contributed by atoms with Crippen LogP contribution in [0.5, 0.6) is 11.5 Å². The van der Waals surface area contributed by atoms with Crippen molar-refractivity contribution in [2.75, 3.05) is 0 Å². The molecule has 2 heterocycles.